The third-order valence-corrected chi connectivity index (χ3v) is 5.29. The van der Waals surface area contributed by atoms with E-state index in [4.69, 9.17) is 0 Å². The minimum Gasteiger partial charge on any atom is -0.317 e. The zero-order valence-corrected chi connectivity index (χ0v) is 13.6. The first-order valence-corrected chi connectivity index (χ1v) is 8.43. The molecular weight excluding hydrogens is 252 g/mol. The lowest BCUT2D eigenvalue weighted by Gasteiger charge is -2.33. The summed E-state index contributed by atoms with van der Waals surface area (Å²) in [6.45, 7) is 10.2. The Kier molecular flexibility index (Phi) is 5.43. The smallest absolute Gasteiger partial charge is 0.0396 e. The predicted octanol–water partition coefficient (Wildman–Crippen LogP) is 3.75. The van der Waals surface area contributed by atoms with Crippen molar-refractivity contribution < 1.29 is 0 Å². The zero-order chi connectivity index (χ0) is 13.8. The minimum absolute atomic E-state index is 0.603. The molecule has 3 heteroatoms. The van der Waals surface area contributed by atoms with E-state index in [0.29, 0.717) is 6.04 Å². The van der Waals surface area contributed by atoms with E-state index in [2.05, 4.69) is 44.1 Å². The van der Waals surface area contributed by atoms with Crippen LogP contribution in [0.4, 0.5) is 0 Å². The van der Waals surface area contributed by atoms with Gasteiger partial charge in [0.25, 0.3) is 0 Å². The lowest BCUT2D eigenvalue weighted by atomic mass is 9.89. The molecule has 0 saturated carbocycles. The van der Waals surface area contributed by atoms with Gasteiger partial charge in [-0.05, 0) is 70.9 Å². The number of nitrogens with one attached hydrogen (secondary N) is 1. The van der Waals surface area contributed by atoms with Crippen LogP contribution < -0.4 is 5.32 Å². The van der Waals surface area contributed by atoms with Gasteiger partial charge in [-0.15, -0.1) is 11.3 Å². The maximum Gasteiger partial charge on any atom is 0.0396 e. The molecule has 0 amide bonds. The van der Waals surface area contributed by atoms with Gasteiger partial charge >= 0.3 is 0 Å². The first kappa shape index (κ1) is 15.0. The van der Waals surface area contributed by atoms with E-state index in [0.717, 1.165) is 19.0 Å². The number of rotatable bonds is 4. The van der Waals surface area contributed by atoms with Crippen LogP contribution in [0.15, 0.2) is 6.07 Å². The summed E-state index contributed by atoms with van der Waals surface area (Å²) in [7, 11) is 2.31. The Morgan fingerprint density at radius 3 is 2.79 bits per heavy atom. The van der Waals surface area contributed by atoms with Crippen molar-refractivity contribution in [2.24, 2.45) is 5.92 Å². The van der Waals surface area contributed by atoms with Crippen molar-refractivity contribution in [3.8, 4) is 0 Å². The molecule has 19 heavy (non-hydrogen) atoms. The molecule has 1 aliphatic heterocycles. The first-order chi connectivity index (χ1) is 9.13. The molecular formula is C16H28N2S. The number of likely N-dealkylation sites (tertiary alicyclic amines) is 1. The van der Waals surface area contributed by atoms with Gasteiger partial charge in [-0.2, -0.15) is 0 Å². The van der Waals surface area contributed by atoms with Crippen LogP contribution in [0.25, 0.3) is 0 Å². The van der Waals surface area contributed by atoms with Crippen molar-refractivity contribution in [3.63, 3.8) is 0 Å². The van der Waals surface area contributed by atoms with Gasteiger partial charge < -0.3 is 5.32 Å². The molecule has 2 unspecified atom stereocenters. The number of hydrogen-bond acceptors (Lipinski definition) is 3. The monoisotopic (exact) mass is 280 g/mol. The van der Waals surface area contributed by atoms with Crippen molar-refractivity contribution in [2.75, 3.05) is 26.7 Å². The molecule has 2 atom stereocenters. The van der Waals surface area contributed by atoms with Crippen molar-refractivity contribution in [1.29, 1.82) is 0 Å². The fourth-order valence-corrected chi connectivity index (χ4v) is 4.37. The second kappa shape index (κ2) is 6.87. The van der Waals surface area contributed by atoms with E-state index in [-0.39, 0.29) is 0 Å². The number of hydrogen-bond donors (Lipinski definition) is 1. The first-order valence-electron chi connectivity index (χ1n) is 7.61. The summed E-state index contributed by atoms with van der Waals surface area (Å²) in [5, 5.41) is 3.57. The second-order valence-electron chi connectivity index (χ2n) is 5.86. The normalized spacial score (nSPS) is 25.5. The van der Waals surface area contributed by atoms with Crippen LogP contribution in [-0.2, 0) is 0 Å². The zero-order valence-electron chi connectivity index (χ0n) is 12.8. The Balaban J connectivity index is 2.25. The molecule has 0 bridgehead atoms. The highest BCUT2D eigenvalue weighted by atomic mass is 32.1. The van der Waals surface area contributed by atoms with Crippen LogP contribution >= 0.6 is 11.3 Å². The molecule has 1 saturated heterocycles. The van der Waals surface area contributed by atoms with Gasteiger partial charge in [-0.3, -0.25) is 4.90 Å². The minimum atomic E-state index is 0.603. The van der Waals surface area contributed by atoms with Gasteiger partial charge in [-0.25, -0.2) is 0 Å². The van der Waals surface area contributed by atoms with Crippen LogP contribution in [-0.4, -0.2) is 31.6 Å². The van der Waals surface area contributed by atoms with E-state index in [1.54, 1.807) is 5.56 Å². The van der Waals surface area contributed by atoms with Crippen LogP contribution in [0.3, 0.4) is 0 Å². The summed E-state index contributed by atoms with van der Waals surface area (Å²) in [6.07, 6.45) is 4.08. The molecule has 1 aromatic heterocycles. The average molecular weight is 280 g/mol. The molecule has 1 fully saturated rings. The lowest BCUT2D eigenvalue weighted by Crippen LogP contribution is -2.35. The van der Waals surface area contributed by atoms with Gasteiger partial charge in [0, 0.05) is 15.8 Å². The quantitative estimate of drug-likeness (QED) is 0.903. The van der Waals surface area contributed by atoms with E-state index >= 15 is 0 Å². The van der Waals surface area contributed by atoms with Gasteiger partial charge in [0.05, 0.1) is 0 Å². The maximum atomic E-state index is 3.57. The van der Waals surface area contributed by atoms with Crippen molar-refractivity contribution in [3.05, 3.63) is 21.4 Å². The SMILES string of the molecule is CCNCC1CCCCN(C)C1c1cc(C)sc1C. The fourth-order valence-electron chi connectivity index (χ4n) is 3.40. The maximum absolute atomic E-state index is 3.57. The topological polar surface area (TPSA) is 15.3 Å². The summed E-state index contributed by atoms with van der Waals surface area (Å²) in [4.78, 5) is 5.55. The highest BCUT2D eigenvalue weighted by molar-refractivity contribution is 7.12. The lowest BCUT2D eigenvalue weighted by molar-refractivity contribution is 0.189. The molecule has 0 aromatic carbocycles. The van der Waals surface area contributed by atoms with Gasteiger partial charge in [0.2, 0.25) is 0 Å². The van der Waals surface area contributed by atoms with Crippen LogP contribution in [0.1, 0.15) is 47.5 Å². The van der Waals surface area contributed by atoms with Crippen molar-refractivity contribution in [2.45, 2.75) is 46.1 Å². The van der Waals surface area contributed by atoms with E-state index in [1.807, 2.05) is 11.3 Å². The van der Waals surface area contributed by atoms with E-state index in [9.17, 15) is 0 Å². The molecule has 0 spiro atoms. The molecule has 108 valence electrons. The molecule has 2 nitrogen and oxygen atoms in total. The Morgan fingerprint density at radius 1 is 1.37 bits per heavy atom. The van der Waals surface area contributed by atoms with E-state index < -0.39 is 0 Å². The molecule has 0 aliphatic carbocycles. The third kappa shape index (κ3) is 3.59. The van der Waals surface area contributed by atoms with Crippen molar-refractivity contribution in [1.82, 2.24) is 10.2 Å². The second-order valence-corrected chi connectivity index (χ2v) is 7.32. The summed E-state index contributed by atoms with van der Waals surface area (Å²) in [5.41, 5.74) is 1.58. The van der Waals surface area contributed by atoms with Gasteiger partial charge in [-0.1, -0.05) is 13.3 Å². The van der Waals surface area contributed by atoms with Crippen LogP contribution in [0.5, 0.6) is 0 Å². The molecule has 1 N–H and O–H groups in total. The number of aryl methyl sites for hydroxylation is 2. The molecule has 2 rings (SSSR count). The molecule has 2 heterocycles. The van der Waals surface area contributed by atoms with Crippen LogP contribution in [0, 0.1) is 19.8 Å². The number of thiophene rings is 1. The summed E-state index contributed by atoms with van der Waals surface area (Å²) < 4.78 is 0. The van der Waals surface area contributed by atoms with Gasteiger partial charge in [0.1, 0.15) is 0 Å². The Bertz CT molecular complexity index is 399. The predicted molar refractivity (Wildman–Crippen MR) is 85.0 cm³/mol. The fraction of sp³-hybridized carbons (Fsp3) is 0.750. The highest BCUT2D eigenvalue weighted by Gasteiger charge is 2.30. The summed E-state index contributed by atoms with van der Waals surface area (Å²) in [5.74, 6) is 0.750. The van der Waals surface area contributed by atoms with E-state index in [1.165, 1.54) is 35.6 Å². The molecule has 0 radical (unpaired) electrons. The summed E-state index contributed by atoms with van der Waals surface area (Å²) in [6, 6.07) is 3.03. The highest BCUT2D eigenvalue weighted by Crippen LogP contribution is 2.38. The average Bonchev–Trinajstić information content (AvgIpc) is 2.59. The third-order valence-electron chi connectivity index (χ3n) is 4.31. The largest absolute Gasteiger partial charge is 0.317 e. The molecule has 1 aromatic rings. The van der Waals surface area contributed by atoms with Crippen molar-refractivity contribution >= 4 is 11.3 Å². The van der Waals surface area contributed by atoms with Crippen LogP contribution in [0.2, 0.25) is 0 Å². The Morgan fingerprint density at radius 2 is 2.16 bits per heavy atom. The van der Waals surface area contributed by atoms with Gasteiger partial charge in [0.15, 0.2) is 0 Å². The standard InChI is InChI=1S/C16H28N2S/c1-5-17-11-14-8-6-7-9-18(4)16(14)15-10-12(2)19-13(15)3/h10,14,16-17H,5-9,11H2,1-4H3. The summed E-state index contributed by atoms with van der Waals surface area (Å²) >= 11 is 1.95. The molecule has 1 aliphatic rings. The number of nitrogens with zero attached hydrogens (tertiary/aromatic N) is 1. The Labute approximate surface area is 122 Å². The Hall–Kier alpha value is -0.380.